The summed E-state index contributed by atoms with van der Waals surface area (Å²) in [4.78, 5) is 12.0. The summed E-state index contributed by atoms with van der Waals surface area (Å²) in [5, 5.41) is 3.24. The summed E-state index contributed by atoms with van der Waals surface area (Å²) in [6, 6.07) is 7.93. The summed E-state index contributed by atoms with van der Waals surface area (Å²) in [5.74, 6) is 0.425. The van der Waals surface area contributed by atoms with Crippen molar-refractivity contribution < 1.29 is 9.53 Å². The topological polar surface area (TPSA) is 38.3 Å². The van der Waals surface area contributed by atoms with Gasteiger partial charge in [0.25, 0.3) is 0 Å². The Balaban J connectivity index is 1.84. The first-order valence-electron chi connectivity index (χ1n) is 6.68. The fraction of sp³-hybridized carbons (Fsp3) is 0.533. The molecule has 1 heterocycles. The van der Waals surface area contributed by atoms with Crippen molar-refractivity contribution in [2.24, 2.45) is 5.92 Å². The SMILES string of the molecule is CC(C)CCCOC(=O)C1CNc2ccccc21. The van der Waals surface area contributed by atoms with E-state index in [1.165, 1.54) is 0 Å². The Labute approximate surface area is 109 Å². The molecule has 0 bridgehead atoms. The Kier molecular flexibility index (Phi) is 4.24. The second kappa shape index (κ2) is 5.89. The number of carbonyl (C=O) groups excluding carboxylic acids is 1. The standard InChI is InChI=1S/C15H21NO2/c1-11(2)6-5-9-18-15(17)13-10-16-14-8-4-3-7-12(13)14/h3-4,7-8,11,13,16H,5-6,9-10H2,1-2H3. The number of anilines is 1. The van der Waals surface area contributed by atoms with Gasteiger partial charge in [0.05, 0.1) is 6.61 Å². The van der Waals surface area contributed by atoms with Crippen LogP contribution in [-0.4, -0.2) is 19.1 Å². The van der Waals surface area contributed by atoms with Crippen molar-refractivity contribution in [1.82, 2.24) is 0 Å². The Morgan fingerprint density at radius 3 is 3.00 bits per heavy atom. The molecule has 1 unspecified atom stereocenters. The summed E-state index contributed by atoms with van der Waals surface area (Å²) in [7, 11) is 0. The number of nitrogens with one attached hydrogen (secondary N) is 1. The highest BCUT2D eigenvalue weighted by atomic mass is 16.5. The molecular formula is C15H21NO2. The molecule has 0 fully saturated rings. The van der Waals surface area contributed by atoms with Gasteiger partial charge >= 0.3 is 5.97 Å². The Bertz CT molecular complexity index is 415. The Morgan fingerprint density at radius 2 is 2.22 bits per heavy atom. The highest BCUT2D eigenvalue weighted by Crippen LogP contribution is 2.31. The van der Waals surface area contributed by atoms with Crippen molar-refractivity contribution in [3.05, 3.63) is 29.8 Å². The number of rotatable bonds is 5. The molecule has 1 N–H and O–H groups in total. The van der Waals surface area contributed by atoms with Gasteiger partial charge in [0.15, 0.2) is 0 Å². The minimum Gasteiger partial charge on any atom is -0.465 e. The number of fused-ring (bicyclic) bond motifs is 1. The number of benzene rings is 1. The highest BCUT2D eigenvalue weighted by molar-refractivity contribution is 5.83. The lowest BCUT2D eigenvalue weighted by Gasteiger charge is -2.11. The molecule has 18 heavy (non-hydrogen) atoms. The number of hydrogen-bond acceptors (Lipinski definition) is 3. The first-order chi connectivity index (χ1) is 8.68. The lowest BCUT2D eigenvalue weighted by molar-refractivity contribution is -0.145. The summed E-state index contributed by atoms with van der Waals surface area (Å²) in [6.45, 7) is 5.55. The van der Waals surface area contributed by atoms with Crippen LogP contribution < -0.4 is 5.32 Å². The second-order valence-corrected chi connectivity index (χ2v) is 5.22. The lowest BCUT2D eigenvalue weighted by atomic mass is 10.0. The molecule has 1 atom stereocenters. The van der Waals surface area contributed by atoms with Crippen LogP contribution in [-0.2, 0) is 9.53 Å². The first-order valence-corrected chi connectivity index (χ1v) is 6.68. The van der Waals surface area contributed by atoms with Crippen molar-refractivity contribution in [2.45, 2.75) is 32.6 Å². The molecule has 2 rings (SSSR count). The molecule has 1 aromatic rings. The van der Waals surface area contributed by atoms with Crippen LogP contribution in [0.15, 0.2) is 24.3 Å². The fourth-order valence-corrected chi connectivity index (χ4v) is 2.26. The zero-order chi connectivity index (χ0) is 13.0. The third-order valence-electron chi connectivity index (χ3n) is 3.29. The summed E-state index contributed by atoms with van der Waals surface area (Å²) in [6.07, 6.45) is 2.05. The van der Waals surface area contributed by atoms with E-state index >= 15 is 0 Å². The van der Waals surface area contributed by atoms with E-state index in [2.05, 4.69) is 19.2 Å². The molecule has 0 aromatic heterocycles. The summed E-state index contributed by atoms with van der Waals surface area (Å²) < 4.78 is 5.35. The smallest absolute Gasteiger partial charge is 0.315 e. The van der Waals surface area contributed by atoms with Gasteiger partial charge in [-0.15, -0.1) is 0 Å². The van der Waals surface area contributed by atoms with Gasteiger partial charge in [0.2, 0.25) is 0 Å². The van der Waals surface area contributed by atoms with Crippen LogP contribution >= 0.6 is 0 Å². The number of para-hydroxylation sites is 1. The molecule has 0 aliphatic carbocycles. The van der Waals surface area contributed by atoms with E-state index in [1.54, 1.807) is 0 Å². The van der Waals surface area contributed by atoms with Gasteiger partial charge in [-0.2, -0.15) is 0 Å². The van der Waals surface area contributed by atoms with E-state index in [9.17, 15) is 4.79 Å². The van der Waals surface area contributed by atoms with Crippen LogP contribution in [0.2, 0.25) is 0 Å². The second-order valence-electron chi connectivity index (χ2n) is 5.22. The highest BCUT2D eigenvalue weighted by Gasteiger charge is 2.29. The van der Waals surface area contributed by atoms with Crippen molar-refractivity contribution in [3.63, 3.8) is 0 Å². The van der Waals surface area contributed by atoms with E-state index in [0.717, 1.165) is 24.1 Å². The monoisotopic (exact) mass is 247 g/mol. The average molecular weight is 247 g/mol. The molecule has 0 saturated carbocycles. The van der Waals surface area contributed by atoms with Crippen molar-refractivity contribution >= 4 is 11.7 Å². The normalized spacial score (nSPS) is 17.4. The molecule has 3 heteroatoms. The Hall–Kier alpha value is -1.51. The maximum absolute atomic E-state index is 12.0. The van der Waals surface area contributed by atoms with Gasteiger partial charge in [0.1, 0.15) is 5.92 Å². The zero-order valence-corrected chi connectivity index (χ0v) is 11.1. The van der Waals surface area contributed by atoms with E-state index < -0.39 is 0 Å². The van der Waals surface area contributed by atoms with Gasteiger partial charge in [-0.1, -0.05) is 32.0 Å². The summed E-state index contributed by atoms with van der Waals surface area (Å²) >= 11 is 0. The van der Waals surface area contributed by atoms with Gasteiger partial charge in [-0.3, -0.25) is 4.79 Å². The van der Waals surface area contributed by atoms with E-state index in [0.29, 0.717) is 19.1 Å². The van der Waals surface area contributed by atoms with Gasteiger partial charge in [-0.05, 0) is 30.4 Å². The minimum absolute atomic E-state index is 0.101. The molecule has 0 radical (unpaired) electrons. The molecule has 1 aromatic carbocycles. The van der Waals surface area contributed by atoms with E-state index in [4.69, 9.17) is 4.74 Å². The molecule has 0 spiro atoms. The maximum Gasteiger partial charge on any atom is 0.315 e. The predicted octanol–water partition coefficient (Wildman–Crippen LogP) is 3.18. The number of esters is 1. The van der Waals surface area contributed by atoms with Crippen LogP contribution in [0.25, 0.3) is 0 Å². The fourth-order valence-electron chi connectivity index (χ4n) is 2.26. The molecule has 1 aliphatic heterocycles. The molecule has 0 amide bonds. The van der Waals surface area contributed by atoms with Crippen LogP contribution in [0.4, 0.5) is 5.69 Å². The quantitative estimate of drug-likeness (QED) is 0.641. The third-order valence-corrected chi connectivity index (χ3v) is 3.29. The van der Waals surface area contributed by atoms with Crippen molar-refractivity contribution in [3.8, 4) is 0 Å². The molecular weight excluding hydrogens is 226 g/mol. The van der Waals surface area contributed by atoms with Crippen LogP contribution in [0.3, 0.4) is 0 Å². The number of hydrogen-bond donors (Lipinski definition) is 1. The van der Waals surface area contributed by atoms with Crippen molar-refractivity contribution in [2.75, 3.05) is 18.5 Å². The van der Waals surface area contributed by atoms with Crippen molar-refractivity contribution in [1.29, 1.82) is 0 Å². The first kappa shape index (κ1) is 12.9. The molecule has 0 saturated heterocycles. The lowest BCUT2D eigenvalue weighted by Crippen LogP contribution is -2.18. The largest absolute Gasteiger partial charge is 0.465 e. The average Bonchev–Trinajstić information content (AvgIpc) is 2.78. The van der Waals surface area contributed by atoms with Gasteiger partial charge in [-0.25, -0.2) is 0 Å². The summed E-state index contributed by atoms with van der Waals surface area (Å²) in [5.41, 5.74) is 2.12. The van der Waals surface area contributed by atoms with E-state index in [1.807, 2.05) is 24.3 Å². The van der Waals surface area contributed by atoms with Gasteiger partial charge in [0, 0.05) is 12.2 Å². The van der Waals surface area contributed by atoms with Gasteiger partial charge < -0.3 is 10.1 Å². The van der Waals surface area contributed by atoms with E-state index in [-0.39, 0.29) is 11.9 Å². The third kappa shape index (κ3) is 3.03. The molecule has 98 valence electrons. The zero-order valence-electron chi connectivity index (χ0n) is 11.1. The minimum atomic E-state index is -0.139. The van der Waals surface area contributed by atoms with Crippen LogP contribution in [0.5, 0.6) is 0 Å². The number of carbonyl (C=O) groups is 1. The number of ether oxygens (including phenoxy) is 1. The predicted molar refractivity (Wildman–Crippen MR) is 72.7 cm³/mol. The molecule has 3 nitrogen and oxygen atoms in total. The Morgan fingerprint density at radius 1 is 1.44 bits per heavy atom. The van der Waals surface area contributed by atoms with Crippen LogP contribution in [0.1, 0.15) is 38.2 Å². The molecule has 1 aliphatic rings. The van der Waals surface area contributed by atoms with Crippen LogP contribution in [0, 0.1) is 5.92 Å². The maximum atomic E-state index is 12.0.